The zero-order valence-corrected chi connectivity index (χ0v) is 9.74. The Morgan fingerprint density at radius 2 is 2.47 bits per heavy atom. The molecule has 84 valence electrons. The van der Waals surface area contributed by atoms with Crippen molar-refractivity contribution >= 4 is 0 Å². The predicted molar refractivity (Wildman–Crippen MR) is 61.9 cm³/mol. The Bertz CT molecular complexity index is 298. The number of nitrogens with one attached hydrogen (secondary N) is 1. The van der Waals surface area contributed by atoms with Crippen molar-refractivity contribution in [1.29, 1.82) is 0 Å². The molecule has 15 heavy (non-hydrogen) atoms. The zero-order chi connectivity index (χ0) is 10.7. The molecule has 1 aromatic heterocycles. The number of hydrogen-bond acceptors (Lipinski definition) is 2. The van der Waals surface area contributed by atoms with Gasteiger partial charge in [-0.1, -0.05) is 0 Å². The van der Waals surface area contributed by atoms with E-state index in [1.807, 2.05) is 10.9 Å². The van der Waals surface area contributed by atoms with Crippen molar-refractivity contribution in [3.8, 4) is 0 Å². The Kier molecular flexibility index (Phi) is 3.41. The van der Waals surface area contributed by atoms with Gasteiger partial charge in [0.1, 0.15) is 0 Å². The van der Waals surface area contributed by atoms with Gasteiger partial charge in [0.2, 0.25) is 0 Å². The van der Waals surface area contributed by atoms with E-state index in [1.54, 1.807) is 0 Å². The average molecular weight is 207 g/mol. The van der Waals surface area contributed by atoms with Gasteiger partial charge in [0.15, 0.2) is 0 Å². The SMILES string of the molecule is CC(C)n1cc(CC2CCCNC2)cn1. The highest BCUT2D eigenvalue weighted by molar-refractivity contribution is 5.06. The molecule has 1 aliphatic rings. The first-order valence-corrected chi connectivity index (χ1v) is 5.99. The predicted octanol–water partition coefficient (Wildman–Crippen LogP) is 2.01. The molecule has 0 bridgehead atoms. The third-order valence-corrected chi connectivity index (χ3v) is 3.11. The Labute approximate surface area is 91.9 Å². The molecule has 0 aromatic carbocycles. The van der Waals surface area contributed by atoms with E-state index in [0.717, 1.165) is 5.92 Å². The summed E-state index contributed by atoms with van der Waals surface area (Å²) in [4.78, 5) is 0. The van der Waals surface area contributed by atoms with Crippen LogP contribution < -0.4 is 5.32 Å². The van der Waals surface area contributed by atoms with Crippen LogP contribution in [-0.2, 0) is 6.42 Å². The Balaban J connectivity index is 1.91. The van der Waals surface area contributed by atoms with E-state index >= 15 is 0 Å². The van der Waals surface area contributed by atoms with Gasteiger partial charge in [-0.25, -0.2) is 0 Å². The zero-order valence-electron chi connectivity index (χ0n) is 9.74. The summed E-state index contributed by atoms with van der Waals surface area (Å²) in [5.41, 5.74) is 1.39. The minimum Gasteiger partial charge on any atom is -0.316 e. The largest absolute Gasteiger partial charge is 0.316 e. The summed E-state index contributed by atoms with van der Waals surface area (Å²) in [6.45, 7) is 6.70. The van der Waals surface area contributed by atoms with Gasteiger partial charge in [0.25, 0.3) is 0 Å². The lowest BCUT2D eigenvalue weighted by Gasteiger charge is -2.21. The molecular weight excluding hydrogens is 186 g/mol. The fourth-order valence-corrected chi connectivity index (χ4v) is 2.20. The van der Waals surface area contributed by atoms with E-state index in [-0.39, 0.29) is 0 Å². The number of piperidine rings is 1. The molecule has 1 saturated heterocycles. The van der Waals surface area contributed by atoms with E-state index < -0.39 is 0 Å². The van der Waals surface area contributed by atoms with Crippen LogP contribution in [0.5, 0.6) is 0 Å². The van der Waals surface area contributed by atoms with E-state index in [2.05, 4.69) is 30.5 Å². The maximum absolute atomic E-state index is 4.38. The van der Waals surface area contributed by atoms with Gasteiger partial charge in [0, 0.05) is 12.2 Å². The number of hydrogen-bond donors (Lipinski definition) is 1. The Morgan fingerprint density at radius 1 is 1.60 bits per heavy atom. The topological polar surface area (TPSA) is 29.9 Å². The molecule has 1 aromatic rings. The summed E-state index contributed by atoms with van der Waals surface area (Å²) in [5, 5.41) is 7.83. The second-order valence-corrected chi connectivity index (χ2v) is 4.84. The molecule has 2 heterocycles. The van der Waals surface area contributed by atoms with E-state index in [1.165, 1.54) is 37.9 Å². The highest BCUT2D eigenvalue weighted by Crippen LogP contribution is 2.16. The van der Waals surface area contributed by atoms with E-state index in [0.29, 0.717) is 6.04 Å². The molecule has 3 heteroatoms. The molecule has 0 saturated carbocycles. The highest BCUT2D eigenvalue weighted by Gasteiger charge is 2.14. The summed E-state index contributed by atoms with van der Waals surface area (Å²) in [6.07, 6.45) is 8.08. The maximum atomic E-state index is 4.38. The van der Waals surface area contributed by atoms with Gasteiger partial charge in [-0.3, -0.25) is 4.68 Å². The molecule has 1 fully saturated rings. The standard InChI is InChI=1S/C12H21N3/c1-10(2)15-9-12(8-14-15)6-11-4-3-5-13-7-11/h8-11,13H,3-7H2,1-2H3. The van der Waals surface area contributed by atoms with Crippen molar-refractivity contribution in [1.82, 2.24) is 15.1 Å². The smallest absolute Gasteiger partial charge is 0.0521 e. The average Bonchev–Trinajstić information content (AvgIpc) is 2.68. The molecule has 0 aliphatic carbocycles. The first-order chi connectivity index (χ1) is 7.25. The van der Waals surface area contributed by atoms with Crippen molar-refractivity contribution in [3.05, 3.63) is 18.0 Å². The second kappa shape index (κ2) is 4.79. The van der Waals surface area contributed by atoms with Crippen molar-refractivity contribution < 1.29 is 0 Å². The lowest BCUT2D eigenvalue weighted by atomic mass is 9.94. The Hall–Kier alpha value is -0.830. The molecule has 3 nitrogen and oxygen atoms in total. The van der Waals surface area contributed by atoms with E-state index in [4.69, 9.17) is 0 Å². The van der Waals surface area contributed by atoms with Crippen LogP contribution in [-0.4, -0.2) is 22.9 Å². The first-order valence-electron chi connectivity index (χ1n) is 5.99. The lowest BCUT2D eigenvalue weighted by Crippen LogP contribution is -2.30. The second-order valence-electron chi connectivity index (χ2n) is 4.84. The summed E-state index contributed by atoms with van der Waals surface area (Å²) < 4.78 is 2.05. The van der Waals surface area contributed by atoms with Crippen LogP contribution in [0, 0.1) is 5.92 Å². The number of rotatable bonds is 3. The van der Waals surface area contributed by atoms with Crippen LogP contribution >= 0.6 is 0 Å². The Morgan fingerprint density at radius 3 is 3.07 bits per heavy atom. The van der Waals surface area contributed by atoms with Gasteiger partial charge in [-0.2, -0.15) is 5.10 Å². The van der Waals surface area contributed by atoms with Crippen LogP contribution in [0.1, 0.15) is 38.3 Å². The molecule has 1 N–H and O–H groups in total. The minimum atomic E-state index is 0.475. The van der Waals surface area contributed by atoms with Crippen LogP contribution in [0.2, 0.25) is 0 Å². The molecule has 2 rings (SSSR count). The van der Waals surface area contributed by atoms with E-state index in [9.17, 15) is 0 Å². The monoisotopic (exact) mass is 207 g/mol. The number of aromatic nitrogens is 2. The van der Waals surface area contributed by atoms with Crippen LogP contribution in [0.15, 0.2) is 12.4 Å². The van der Waals surface area contributed by atoms with Gasteiger partial charge in [-0.05, 0) is 57.7 Å². The maximum Gasteiger partial charge on any atom is 0.0521 e. The summed E-state index contributed by atoms with van der Waals surface area (Å²) >= 11 is 0. The molecule has 1 unspecified atom stereocenters. The van der Waals surface area contributed by atoms with Gasteiger partial charge < -0.3 is 5.32 Å². The fourth-order valence-electron chi connectivity index (χ4n) is 2.20. The van der Waals surface area contributed by atoms with Crippen molar-refractivity contribution in [2.24, 2.45) is 5.92 Å². The van der Waals surface area contributed by atoms with Gasteiger partial charge in [0.05, 0.1) is 6.20 Å². The summed E-state index contributed by atoms with van der Waals surface area (Å²) in [6, 6.07) is 0.475. The minimum absolute atomic E-state index is 0.475. The summed E-state index contributed by atoms with van der Waals surface area (Å²) in [5.74, 6) is 0.809. The molecule has 1 atom stereocenters. The molecule has 0 spiro atoms. The first kappa shape index (κ1) is 10.7. The highest BCUT2D eigenvalue weighted by atomic mass is 15.3. The van der Waals surface area contributed by atoms with Crippen LogP contribution in [0.25, 0.3) is 0 Å². The fraction of sp³-hybridized carbons (Fsp3) is 0.750. The molecule has 0 amide bonds. The quantitative estimate of drug-likeness (QED) is 0.821. The molecule has 0 radical (unpaired) electrons. The summed E-state index contributed by atoms with van der Waals surface area (Å²) in [7, 11) is 0. The van der Waals surface area contributed by atoms with Crippen molar-refractivity contribution in [2.45, 2.75) is 39.2 Å². The van der Waals surface area contributed by atoms with Gasteiger partial charge in [-0.15, -0.1) is 0 Å². The lowest BCUT2D eigenvalue weighted by molar-refractivity contribution is 0.376. The number of nitrogens with zero attached hydrogens (tertiary/aromatic N) is 2. The normalized spacial score (nSPS) is 22.2. The van der Waals surface area contributed by atoms with Gasteiger partial charge >= 0.3 is 0 Å². The van der Waals surface area contributed by atoms with Crippen molar-refractivity contribution in [2.75, 3.05) is 13.1 Å². The third kappa shape index (κ3) is 2.81. The van der Waals surface area contributed by atoms with Crippen molar-refractivity contribution in [3.63, 3.8) is 0 Å². The molecule has 1 aliphatic heterocycles. The third-order valence-electron chi connectivity index (χ3n) is 3.11. The molecular formula is C12H21N3. The van der Waals surface area contributed by atoms with Crippen LogP contribution in [0.3, 0.4) is 0 Å². The van der Waals surface area contributed by atoms with Crippen LogP contribution in [0.4, 0.5) is 0 Å².